The van der Waals surface area contributed by atoms with Gasteiger partial charge >= 0.3 is 0 Å². The molecule has 0 bridgehead atoms. The van der Waals surface area contributed by atoms with Crippen molar-refractivity contribution in [1.82, 2.24) is 30.5 Å². The Balaban J connectivity index is 0.795. The average Bonchev–Trinajstić information content (AvgIpc) is 3.24. The maximum atomic E-state index is 13.7. The number of fused-ring (bicyclic) bond motifs is 1. The van der Waals surface area contributed by atoms with Gasteiger partial charge in [-0.05, 0) is 86.7 Å². The minimum Gasteiger partial charge on any atom is -0.489 e. The molecule has 0 radical (unpaired) electrons. The summed E-state index contributed by atoms with van der Waals surface area (Å²) in [6, 6.07) is 19.7. The number of benzene rings is 3. The van der Waals surface area contributed by atoms with Gasteiger partial charge < -0.3 is 19.9 Å². The Labute approximate surface area is 354 Å². The van der Waals surface area contributed by atoms with E-state index >= 15 is 0 Å². The number of halogens is 1. The zero-order valence-corrected chi connectivity index (χ0v) is 35.4. The molecule has 314 valence electrons. The average molecular weight is 834 g/mol. The molecule has 1 unspecified atom stereocenters. The summed E-state index contributed by atoms with van der Waals surface area (Å²) in [5, 5.41) is 24.0. The van der Waals surface area contributed by atoms with Crippen LogP contribution in [-0.4, -0.2) is 95.6 Å². The van der Waals surface area contributed by atoms with E-state index < -0.39 is 11.9 Å². The third-order valence-corrected chi connectivity index (χ3v) is 13.6. The van der Waals surface area contributed by atoms with Gasteiger partial charge in [0.05, 0.1) is 21.7 Å². The number of amides is 3. The van der Waals surface area contributed by atoms with E-state index in [-0.39, 0.29) is 53.2 Å². The third kappa shape index (κ3) is 7.92. The molecule has 3 amide bonds. The molecule has 1 aliphatic carbocycles. The molecular formula is C45H52ClN9O5. The van der Waals surface area contributed by atoms with Crippen LogP contribution in [0.4, 0.5) is 11.4 Å². The van der Waals surface area contributed by atoms with Gasteiger partial charge in [-0.3, -0.25) is 29.4 Å². The van der Waals surface area contributed by atoms with Gasteiger partial charge in [-0.15, -0.1) is 5.10 Å². The van der Waals surface area contributed by atoms with Gasteiger partial charge in [0.25, 0.3) is 17.4 Å². The fourth-order valence-corrected chi connectivity index (χ4v) is 10.4. The van der Waals surface area contributed by atoms with Crippen molar-refractivity contribution in [3.8, 4) is 11.8 Å². The number of piperazine rings is 1. The summed E-state index contributed by atoms with van der Waals surface area (Å²) in [4.78, 5) is 58.6. The van der Waals surface area contributed by atoms with Crippen LogP contribution in [0.15, 0.2) is 65.5 Å². The van der Waals surface area contributed by atoms with Crippen molar-refractivity contribution in [2.24, 2.45) is 16.7 Å². The SMILES string of the molecule is CC1(C)[C@H](NC(=O)c2ccc(N3CCN(CCC4CCN(c5cccc6nnn(C7CCC(=O)NC7=O)c(=O)c56)CC4)CC3)cc2)C(C)(C)[C@H]1Oc1ccc(C#N)c(Cl)c1. The molecule has 4 aliphatic rings. The molecule has 15 heteroatoms. The lowest BCUT2D eigenvalue weighted by Crippen LogP contribution is -2.74. The van der Waals surface area contributed by atoms with E-state index in [2.05, 4.69) is 69.4 Å². The first-order valence-electron chi connectivity index (χ1n) is 21.0. The van der Waals surface area contributed by atoms with Crippen LogP contribution < -0.4 is 30.7 Å². The zero-order chi connectivity index (χ0) is 42.3. The number of piperidine rings is 2. The smallest absolute Gasteiger partial charge is 0.280 e. The van der Waals surface area contributed by atoms with Crippen LogP contribution in [0.1, 0.15) is 81.8 Å². The van der Waals surface area contributed by atoms with Crippen LogP contribution in [0.25, 0.3) is 10.9 Å². The maximum absolute atomic E-state index is 13.7. The van der Waals surface area contributed by atoms with E-state index in [1.54, 1.807) is 24.3 Å². The number of rotatable bonds is 10. The quantitative estimate of drug-likeness (QED) is 0.198. The summed E-state index contributed by atoms with van der Waals surface area (Å²) < 4.78 is 7.52. The van der Waals surface area contributed by atoms with Gasteiger partial charge in [-0.2, -0.15) is 9.94 Å². The topological polar surface area (TPSA) is 166 Å². The zero-order valence-electron chi connectivity index (χ0n) is 34.6. The molecule has 1 aromatic heterocycles. The first-order chi connectivity index (χ1) is 28.7. The molecule has 3 aromatic carbocycles. The molecule has 3 saturated heterocycles. The number of imide groups is 1. The number of anilines is 2. The maximum Gasteiger partial charge on any atom is 0.280 e. The molecule has 4 heterocycles. The van der Waals surface area contributed by atoms with Crippen LogP contribution in [-0.2, 0) is 9.59 Å². The molecule has 8 rings (SSSR count). The van der Waals surface area contributed by atoms with Crippen molar-refractivity contribution in [1.29, 1.82) is 5.26 Å². The predicted molar refractivity (Wildman–Crippen MR) is 229 cm³/mol. The Morgan fingerprint density at radius 1 is 0.933 bits per heavy atom. The van der Waals surface area contributed by atoms with Gasteiger partial charge in [0.2, 0.25) is 5.91 Å². The van der Waals surface area contributed by atoms with Crippen molar-refractivity contribution < 1.29 is 19.1 Å². The minimum absolute atomic E-state index is 0.109. The Hall–Kier alpha value is -5.52. The lowest BCUT2D eigenvalue weighted by atomic mass is 9.49. The van der Waals surface area contributed by atoms with E-state index in [1.165, 1.54) is 0 Å². The summed E-state index contributed by atoms with van der Waals surface area (Å²) in [5.41, 5.74) is 2.39. The molecular weight excluding hydrogens is 782 g/mol. The number of ether oxygens (including phenoxy) is 1. The monoisotopic (exact) mass is 833 g/mol. The van der Waals surface area contributed by atoms with Crippen molar-refractivity contribution in [2.75, 3.05) is 55.6 Å². The fraction of sp³-hybridized carbons (Fsp3) is 0.489. The molecule has 1 atom stereocenters. The van der Waals surface area contributed by atoms with Gasteiger partial charge in [0.1, 0.15) is 29.5 Å². The van der Waals surface area contributed by atoms with Gasteiger partial charge in [0, 0.05) is 79.9 Å². The summed E-state index contributed by atoms with van der Waals surface area (Å²) in [7, 11) is 0. The van der Waals surface area contributed by atoms with Crippen molar-refractivity contribution >= 4 is 51.6 Å². The number of carbonyl (C=O) groups is 3. The number of hydrogen-bond donors (Lipinski definition) is 2. The van der Waals surface area contributed by atoms with E-state index in [0.717, 1.165) is 81.1 Å². The first kappa shape index (κ1) is 41.2. The number of nitrogens with one attached hydrogen (secondary N) is 2. The largest absolute Gasteiger partial charge is 0.489 e. The second-order valence-electron chi connectivity index (χ2n) is 17.9. The highest BCUT2D eigenvalue weighted by molar-refractivity contribution is 6.31. The van der Waals surface area contributed by atoms with E-state index in [0.29, 0.717) is 38.7 Å². The van der Waals surface area contributed by atoms with E-state index in [9.17, 15) is 24.4 Å². The van der Waals surface area contributed by atoms with E-state index in [4.69, 9.17) is 16.3 Å². The fourth-order valence-electron chi connectivity index (χ4n) is 10.2. The number of nitriles is 1. The number of carbonyl (C=O) groups excluding carboxylic acids is 3. The Morgan fingerprint density at radius 2 is 1.65 bits per heavy atom. The lowest BCUT2D eigenvalue weighted by Gasteiger charge is -2.63. The normalized spacial score (nSPS) is 23.1. The highest BCUT2D eigenvalue weighted by atomic mass is 35.5. The second-order valence-corrected chi connectivity index (χ2v) is 18.3. The van der Waals surface area contributed by atoms with Crippen LogP contribution >= 0.6 is 11.6 Å². The molecule has 4 aromatic rings. The highest BCUT2D eigenvalue weighted by Crippen LogP contribution is 2.55. The Morgan fingerprint density at radius 3 is 2.32 bits per heavy atom. The number of nitrogens with zero attached hydrogens (tertiary/aromatic N) is 7. The molecule has 0 spiro atoms. The van der Waals surface area contributed by atoms with Gasteiger partial charge in [-0.1, -0.05) is 50.6 Å². The van der Waals surface area contributed by atoms with Gasteiger partial charge in [0.15, 0.2) is 0 Å². The van der Waals surface area contributed by atoms with Crippen LogP contribution in [0.3, 0.4) is 0 Å². The molecule has 3 aliphatic heterocycles. The standard InChI is InChI=1S/C45H52ClN9O5/c1-44(2)42(45(3,4)43(44)60-32-13-10-30(27-47)33(46)26-32)49-39(57)29-8-11-31(12-9-29)53-24-22-52(23-25-53)19-16-28-17-20-54(21-18-28)35-7-5-6-34-38(35)41(59)55(51-50-34)36-14-15-37(56)48-40(36)58/h5-13,26,28,36,42-43H,14-25H2,1-4H3,(H,49,57)(H,48,56,58)/t36?,42-,43-. The molecule has 14 nitrogen and oxygen atoms in total. The van der Waals surface area contributed by atoms with E-state index in [1.807, 2.05) is 36.4 Å². The van der Waals surface area contributed by atoms with Crippen molar-refractivity contribution in [2.45, 2.75) is 78.0 Å². The summed E-state index contributed by atoms with van der Waals surface area (Å²) in [6.45, 7) is 14.9. The molecule has 60 heavy (non-hydrogen) atoms. The predicted octanol–water partition coefficient (Wildman–Crippen LogP) is 5.33. The Bertz CT molecular complexity index is 2380. The minimum atomic E-state index is -0.856. The summed E-state index contributed by atoms with van der Waals surface area (Å²) in [6.07, 6.45) is 3.36. The highest BCUT2D eigenvalue weighted by Gasteiger charge is 2.64. The first-order valence-corrected chi connectivity index (χ1v) is 21.3. The third-order valence-electron chi connectivity index (χ3n) is 13.3. The van der Waals surface area contributed by atoms with Gasteiger partial charge in [-0.25, -0.2) is 0 Å². The number of hydrogen-bond acceptors (Lipinski definition) is 11. The summed E-state index contributed by atoms with van der Waals surface area (Å²) >= 11 is 6.26. The molecule has 4 fully saturated rings. The lowest BCUT2D eigenvalue weighted by molar-refractivity contribution is -0.164. The Kier molecular flexibility index (Phi) is 11.3. The van der Waals surface area contributed by atoms with Crippen LogP contribution in [0, 0.1) is 28.1 Å². The number of aromatic nitrogens is 3. The van der Waals surface area contributed by atoms with Crippen LogP contribution in [0.2, 0.25) is 5.02 Å². The molecule has 2 N–H and O–H groups in total. The molecule has 1 saturated carbocycles. The van der Waals surface area contributed by atoms with Crippen LogP contribution in [0.5, 0.6) is 5.75 Å². The van der Waals surface area contributed by atoms with Crippen molar-refractivity contribution in [3.05, 3.63) is 87.2 Å². The summed E-state index contributed by atoms with van der Waals surface area (Å²) in [5.74, 6) is 0.215. The van der Waals surface area contributed by atoms with Crippen molar-refractivity contribution in [3.63, 3.8) is 0 Å². The second kappa shape index (κ2) is 16.5.